The van der Waals surface area contributed by atoms with Crippen molar-refractivity contribution in [1.82, 2.24) is 20.3 Å². The Morgan fingerprint density at radius 3 is 2.41 bits per heavy atom. The lowest BCUT2D eigenvalue weighted by Crippen LogP contribution is -2.26. The van der Waals surface area contributed by atoms with Crippen molar-refractivity contribution in [2.75, 3.05) is 6.61 Å². The molecule has 0 saturated heterocycles. The molecule has 148 valence electrons. The topological polar surface area (TPSA) is 103 Å². The number of alkyl halides is 3. The van der Waals surface area contributed by atoms with Crippen LogP contribution in [0.3, 0.4) is 0 Å². The standard InChI is InChI=1S/C13H11F3N4O2.C4H11N/c14-13(15,16)8-22-11-5-9(1-2-19-11)6-20-12(21)10-7-17-3-4-18-10;1-4(2,3)5/h1-5,7H,6,8H2,(H,20,21);5H2,1-3H3. The van der Waals surface area contributed by atoms with Crippen molar-refractivity contribution in [3.05, 3.63) is 48.2 Å². The van der Waals surface area contributed by atoms with Crippen LogP contribution in [0.4, 0.5) is 13.2 Å². The van der Waals surface area contributed by atoms with E-state index in [1.165, 1.54) is 30.9 Å². The molecule has 2 aromatic heterocycles. The van der Waals surface area contributed by atoms with Crippen LogP contribution in [-0.2, 0) is 6.54 Å². The predicted molar refractivity (Wildman–Crippen MR) is 92.9 cm³/mol. The van der Waals surface area contributed by atoms with Gasteiger partial charge < -0.3 is 15.8 Å². The first-order chi connectivity index (χ1) is 12.4. The van der Waals surface area contributed by atoms with Crippen LogP contribution in [0, 0.1) is 0 Å². The van der Waals surface area contributed by atoms with Crippen LogP contribution in [0.15, 0.2) is 36.9 Å². The van der Waals surface area contributed by atoms with E-state index >= 15 is 0 Å². The molecule has 0 aliphatic rings. The summed E-state index contributed by atoms with van der Waals surface area (Å²) in [4.78, 5) is 23.0. The third-order valence-corrected chi connectivity index (χ3v) is 2.43. The molecule has 2 rings (SSSR count). The number of aromatic nitrogens is 3. The summed E-state index contributed by atoms with van der Waals surface area (Å²) in [5.74, 6) is -0.605. The van der Waals surface area contributed by atoms with Gasteiger partial charge >= 0.3 is 6.18 Å². The molecule has 0 aliphatic heterocycles. The molecule has 1 amide bonds. The van der Waals surface area contributed by atoms with Crippen LogP contribution >= 0.6 is 0 Å². The van der Waals surface area contributed by atoms with Gasteiger partial charge in [-0.15, -0.1) is 0 Å². The Bertz CT molecular complexity index is 712. The van der Waals surface area contributed by atoms with Crippen molar-refractivity contribution in [1.29, 1.82) is 0 Å². The summed E-state index contributed by atoms with van der Waals surface area (Å²) < 4.78 is 40.7. The largest absolute Gasteiger partial charge is 0.468 e. The minimum absolute atomic E-state index is 0. The average Bonchev–Trinajstić information content (AvgIpc) is 2.57. The Morgan fingerprint density at radius 2 is 1.85 bits per heavy atom. The second-order valence-electron chi connectivity index (χ2n) is 6.55. The van der Waals surface area contributed by atoms with Crippen LogP contribution in [0.2, 0.25) is 0 Å². The molecule has 10 heteroatoms. The molecule has 2 aromatic rings. The number of hydrogen-bond donors (Lipinski definition) is 2. The van der Waals surface area contributed by atoms with Gasteiger partial charge in [0.25, 0.3) is 5.91 Å². The normalized spacial score (nSPS) is 11.2. The molecule has 0 aliphatic carbocycles. The molecule has 3 N–H and O–H groups in total. The molecule has 0 aromatic carbocycles. The van der Waals surface area contributed by atoms with Crippen LogP contribution < -0.4 is 15.8 Å². The van der Waals surface area contributed by atoms with Crippen molar-refractivity contribution in [3.8, 4) is 5.88 Å². The number of nitrogens with zero attached hydrogens (tertiary/aromatic N) is 3. The molecule has 0 saturated carbocycles. The zero-order chi connectivity index (χ0) is 20.5. The Hall–Kier alpha value is -2.75. The molecule has 0 spiro atoms. The molecule has 0 unspecified atom stereocenters. The molecule has 0 fully saturated rings. The smallest absolute Gasteiger partial charge is 0.422 e. The number of ether oxygens (including phenoxy) is 1. The first-order valence-corrected chi connectivity index (χ1v) is 7.91. The van der Waals surface area contributed by atoms with E-state index in [2.05, 4.69) is 25.0 Å². The summed E-state index contributed by atoms with van der Waals surface area (Å²) in [6.07, 6.45) is 0.988. The van der Waals surface area contributed by atoms with E-state index < -0.39 is 18.7 Å². The molecule has 7 nitrogen and oxygen atoms in total. The minimum Gasteiger partial charge on any atom is -0.468 e. The van der Waals surface area contributed by atoms with Crippen LogP contribution in [0.25, 0.3) is 0 Å². The lowest BCUT2D eigenvalue weighted by Gasteiger charge is -2.09. The molecule has 0 radical (unpaired) electrons. The lowest BCUT2D eigenvalue weighted by atomic mass is 10.1. The average molecular weight is 385 g/mol. The SMILES string of the molecule is CC(C)(C)N.O=C(NCc1ccnc(OCC(F)(F)F)c1)c1cnccn1. The number of hydrogen-bond acceptors (Lipinski definition) is 6. The third kappa shape index (κ3) is 11.5. The van der Waals surface area contributed by atoms with Gasteiger partial charge in [0.15, 0.2) is 6.61 Å². The summed E-state index contributed by atoms with van der Waals surface area (Å²) in [5, 5.41) is 2.57. The fourth-order valence-corrected chi connectivity index (χ4v) is 1.48. The fourth-order valence-electron chi connectivity index (χ4n) is 1.48. The van der Waals surface area contributed by atoms with E-state index in [0.29, 0.717) is 5.56 Å². The quantitative estimate of drug-likeness (QED) is 0.820. The molecule has 2 heterocycles. The zero-order valence-corrected chi connectivity index (χ0v) is 15.2. The number of carbonyl (C=O) groups is 1. The number of pyridine rings is 1. The second-order valence-corrected chi connectivity index (χ2v) is 6.55. The molecular formula is C17H22F3N5O2. The van der Waals surface area contributed by atoms with Gasteiger partial charge in [0.05, 0.1) is 6.20 Å². The lowest BCUT2D eigenvalue weighted by molar-refractivity contribution is -0.154. The van der Waals surface area contributed by atoms with Gasteiger partial charge in [-0.05, 0) is 32.4 Å². The maximum Gasteiger partial charge on any atom is 0.422 e. The summed E-state index contributed by atoms with van der Waals surface area (Å²) >= 11 is 0. The number of halogens is 3. The van der Waals surface area contributed by atoms with Gasteiger partial charge in [0.1, 0.15) is 5.69 Å². The third-order valence-electron chi connectivity index (χ3n) is 2.43. The Morgan fingerprint density at radius 1 is 1.19 bits per heavy atom. The maximum atomic E-state index is 12.1. The van der Waals surface area contributed by atoms with Crippen LogP contribution in [0.5, 0.6) is 5.88 Å². The number of amides is 1. The number of nitrogens with two attached hydrogens (primary N) is 1. The first kappa shape index (κ1) is 22.3. The van der Waals surface area contributed by atoms with Gasteiger partial charge in [-0.3, -0.25) is 9.78 Å². The fraction of sp³-hybridized carbons (Fsp3) is 0.412. The van der Waals surface area contributed by atoms with Crippen molar-refractivity contribution >= 4 is 5.91 Å². The minimum atomic E-state index is -4.43. The van der Waals surface area contributed by atoms with E-state index in [1.807, 2.05) is 20.8 Å². The van der Waals surface area contributed by atoms with Gasteiger partial charge in [-0.25, -0.2) is 9.97 Å². The van der Waals surface area contributed by atoms with Gasteiger partial charge in [-0.1, -0.05) is 0 Å². The van der Waals surface area contributed by atoms with E-state index in [9.17, 15) is 18.0 Å². The first-order valence-electron chi connectivity index (χ1n) is 7.91. The van der Waals surface area contributed by atoms with Gasteiger partial charge in [0.2, 0.25) is 5.88 Å². The second kappa shape index (κ2) is 9.81. The van der Waals surface area contributed by atoms with Gasteiger partial charge in [-0.2, -0.15) is 13.2 Å². The van der Waals surface area contributed by atoms with E-state index in [-0.39, 0.29) is 23.7 Å². The highest BCUT2D eigenvalue weighted by Crippen LogP contribution is 2.17. The highest BCUT2D eigenvalue weighted by Gasteiger charge is 2.28. The number of nitrogens with one attached hydrogen (secondary N) is 1. The summed E-state index contributed by atoms with van der Waals surface area (Å²) in [6, 6.07) is 2.88. The summed E-state index contributed by atoms with van der Waals surface area (Å²) in [6.45, 7) is 4.57. The van der Waals surface area contributed by atoms with Crippen LogP contribution in [-0.4, -0.2) is 39.2 Å². The molecular weight excluding hydrogens is 363 g/mol. The summed E-state index contributed by atoms with van der Waals surface area (Å²) in [5.41, 5.74) is 6.04. The zero-order valence-electron chi connectivity index (χ0n) is 15.2. The van der Waals surface area contributed by atoms with E-state index in [4.69, 9.17) is 5.73 Å². The van der Waals surface area contributed by atoms with Crippen molar-refractivity contribution < 1.29 is 22.7 Å². The van der Waals surface area contributed by atoms with Crippen LogP contribution in [0.1, 0.15) is 36.8 Å². The Labute approximate surface area is 155 Å². The molecule has 27 heavy (non-hydrogen) atoms. The van der Waals surface area contributed by atoms with Crippen molar-refractivity contribution in [3.63, 3.8) is 0 Å². The van der Waals surface area contributed by atoms with E-state index in [1.54, 1.807) is 6.07 Å². The van der Waals surface area contributed by atoms with Crippen molar-refractivity contribution in [2.45, 2.75) is 39.0 Å². The maximum absolute atomic E-state index is 12.1. The van der Waals surface area contributed by atoms with Crippen molar-refractivity contribution in [2.24, 2.45) is 5.73 Å². The Kier molecular flexibility index (Phi) is 8.10. The number of rotatable bonds is 5. The monoisotopic (exact) mass is 385 g/mol. The van der Waals surface area contributed by atoms with Gasteiger partial charge in [0, 0.05) is 36.7 Å². The summed E-state index contributed by atoms with van der Waals surface area (Å²) in [7, 11) is 0. The predicted octanol–water partition coefficient (Wildman–Crippen LogP) is 2.49. The molecule has 0 atom stereocenters. The van der Waals surface area contributed by atoms with E-state index in [0.717, 1.165) is 0 Å². The highest BCUT2D eigenvalue weighted by molar-refractivity contribution is 5.91. The highest BCUT2D eigenvalue weighted by atomic mass is 19.4. The number of carbonyl (C=O) groups excluding carboxylic acids is 1. The Balaban J connectivity index is 0.000000646. The molecule has 0 bridgehead atoms.